The van der Waals surface area contributed by atoms with Crippen molar-refractivity contribution in [1.29, 1.82) is 0 Å². The van der Waals surface area contributed by atoms with E-state index in [-0.39, 0.29) is 16.4 Å². The van der Waals surface area contributed by atoms with Gasteiger partial charge in [0.1, 0.15) is 5.82 Å². The number of hydrogen-bond donors (Lipinski definition) is 1. The van der Waals surface area contributed by atoms with Gasteiger partial charge in [-0.1, -0.05) is 36.9 Å². The van der Waals surface area contributed by atoms with Gasteiger partial charge in [0.15, 0.2) is 0 Å². The van der Waals surface area contributed by atoms with Crippen molar-refractivity contribution in [2.75, 3.05) is 21.1 Å². The average molecular weight is 313 g/mol. The van der Waals surface area contributed by atoms with Gasteiger partial charge in [-0.05, 0) is 58.1 Å². The van der Waals surface area contributed by atoms with Crippen LogP contribution in [0.4, 0.5) is 4.39 Å². The Kier molecular flexibility index (Phi) is 5.64. The van der Waals surface area contributed by atoms with Crippen LogP contribution >= 0.6 is 11.6 Å². The first-order valence-electron chi connectivity index (χ1n) is 7.78. The van der Waals surface area contributed by atoms with Gasteiger partial charge in [-0.3, -0.25) is 0 Å². The zero-order valence-electron chi connectivity index (χ0n) is 13.3. The summed E-state index contributed by atoms with van der Waals surface area (Å²) >= 11 is 5.92. The molecule has 1 N–H and O–H groups in total. The highest BCUT2D eigenvalue weighted by atomic mass is 35.5. The molecule has 2 rings (SSSR count). The van der Waals surface area contributed by atoms with Crippen molar-refractivity contribution >= 4 is 11.6 Å². The molecule has 0 heterocycles. The van der Waals surface area contributed by atoms with E-state index < -0.39 is 0 Å². The number of nitrogens with zero attached hydrogens (tertiary/aromatic N) is 1. The molecule has 4 heteroatoms. The quantitative estimate of drug-likeness (QED) is 0.888. The number of nitrogens with one attached hydrogen (secondary N) is 1. The Balaban J connectivity index is 2.22. The van der Waals surface area contributed by atoms with Gasteiger partial charge in [-0.25, -0.2) is 4.39 Å². The topological polar surface area (TPSA) is 15.3 Å². The molecule has 1 aromatic carbocycles. The van der Waals surface area contributed by atoms with Crippen LogP contribution < -0.4 is 5.32 Å². The number of halogens is 2. The first kappa shape index (κ1) is 16.7. The maximum Gasteiger partial charge on any atom is 0.141 e. The molecule has 0 radical (unpaired) electrons. The molecule has 2 nitrogen and oxygen atoms in total. The molecule has 0 saturated heterocycles. The summed E-state index contributed by atoms with van der Waals surface area (Å²) in [5.74, 6) is -0.346. The summed E-state index contributed by atoms with van der Waals surface area (Å²) in [6.45, 7) is 0. The zero-order valence-corrected chi connectivity index (χ0v) is 14.0. The second kappa shape index (κ2) is 7.08. The fourth-order valence-corrected chi connectivity index (χ4v) is 3.94. The van der Waals surface area contributed by atoms with Gasteiger partial charge < -0.3 is 10.2 Å². The monoisotopic (exact) mass is 312 g/mol. The van der Waals surface area contributed by atoms with E-state index in [1.54, 1.807) is 6.07 Å². The number of hydrogen-bond acceptors (Lipinski definition) is 2. The molecule has 1 aromatic rings. The van der Waals surface area contributed by atoms with Crippen molar-refractivity contribution in [1.82, 2.24) is 10.2 Å². The molecular formula is C17H26ClFN2. The van der Waals surface area contributed by atoms with E-state index in [0.29, 0.717) is 6.04 Å². The molecule has 1 aliphatic rings. The Bertz CT molecular complexity index is 470. The Morgan fingerprint density at radius 1 is 1.29 bits per heavy atom. The smallest absolute Gasteiger partial charge is 0.141 e. The van der Waals surface area contributed by atoms with Gasteiger partial charge in [0, 0.05) is 11.6 Å². The molecule has 0 bridgehead atoms. The third kappa shape index (κ3) is 3.58. The summed E-state index contributed by atoms with van der Waals surface area (Å²) < 4.78 is 13.3. The lowest BCUT2D eigenvalue weighted by Gasteiger charge is -2.48. The van der Waals surface area contributed by atoms with Crippen LogP contribution in [0.3, 0.4) is 0 Å². The zero-order chi connectivity index (χ0) is 15.5. The predicted octanol–water partition coefficient (Wildman–Crippen LogP) is 3.87. The van der Waals surface area contributed by atoms with Gasteiger partial charge in [0.2, 0.25) is 0 Å². The number of likely N-dealkylation sites (N-methyl/N-ethyl adjacent to an activating group) is 2. The van der Waals surface area contributed by atoms with Crippen molar-refractivity contribution in [2.24, 2.45) is 0 Å². The predicted molar refractivity (Wildman–Crippen MR) is 87.5 cm³/mol. The first-order chi connectivity index (χ1) is 9.99. The van der Waals surface area contributed by atoms with E-state index in [2.05, 4.69) is 24.3 Å². The summed E-state index contributed by atoms with van der Waals surface area (Å²) in [4.78, 5) is 2.37. The summed E-state index contributed by atoms with van der Waals surface area (Å²) in [7, 11) is 6.37. The third-order valence-electron chi connectivity index (χ3n) is 5.03. The van der Waals surface area contributed by atoms with Gasteiger partial charge in [-0.15, -0.1) is 0 Å². The van der Waals surface area contributed by atoms with Crippen LogP contribution in [-0.4, -0.2) is 37.6 Å². The summed E-state index contributed by atoms with van der Waals surface area (Å²) in [5.41, 5.74) is 1.26. The fourth-order valence-electron chi connectivity index (χ4n) is 3.73. The maximum atomic E-state index is 13.3. The minimum atomic E-state index is -0.346. The van der Waals surface area contributed by atoms with E-state index in [0.717, 1.165) is 12.0 Å². The summed E-state index contributed by atoms with van der Waals surface area (Å²) in [6, 6.07) is 5.41. The van der Waals surface area contributed by atoms with Crippen molar-refractivity contribution < 1.29 is 4.39 Å². The molecule has 0 spiro atoms. The second-order valence-corrected chi connectivity index (χ2v) is 6.76. The minimum absolute atomic E-state index is 0.174. The Labute approximate surface area is 132 Å². The van der Waals surface area contributed by atoms with Crippen LogP contribution in [0, 0.1) is 5.82 Å². The number of benzene rings is 1. The molecule has 0 aromatic heterocycles. The minimum Gasteiger partial charge on any atom is -0.315 e. The lowest BCUT2D eigenvalue weighted by atomic mass is 9.73. The van der Waals surface area contributed by atoms with E-state index in [9.17, 15) is 4.39 Å². The van der Waals surface area contributed by atoms with Crippen molar-refractivity contribution in [2.45, 2.75) is 50.1 Å². The lowest BCUT2D eigenvalue weighted by molar-refractivity contribution is 0.0598. The largest absolute Gasteiger partial charge is 0.315 e. The number of rotatable bonds is 5. The van der Waals surface area contributed by atoms with Crippen LogP contribution in [0.25, 0.3) is 0 Å². The van der Waals surface area contributed by atoms with Crippen molar-refractivity contribution in [3.05, 3.63) is 34.6 Å². The van der Waals surface area contributed by atoms with Gasteiger partial charge in [-0.2, -0.15) is 0 Å². The molecule has 21 heavy (non-hydrogen) atoms. The van der Waals surface area contributed by atoms with Gasteiger partial charge in [0.25, 0.3) is 0 Å². The highest BCUT2D eigenvalue weighted by Crippen LogP contribution is 2.36. The standard InChI is InChI=1S/C17H26ClFN2/c1-20-16(12-13-7-8-15(19)14(18)11-13)17(21(2)3)9-5-4-6-10-17/h7-8,11,16,20H,4-6,9-10,12H2,1-3H3. The molecule has 1 saturated carbocycles. The van der Waals surface area contributed by atoms with E-state index in [4.69, 9.17) is 11.6 Å². The molecule has 0 amide bonds. The van der Waals surface area contributed by atoms with Crippen molar-refractivity contribution in [3.63, 3.8) is 0 Å². The van der Waals surface area contributed by atoms with E-state index in [1.807, 2.05) is 13.1 Å². The summed E-state index contributed by atoms with van der Waals surface area (Å²) in [5, 5.41) is 3.71. The molecule has 1 fully saturated rings. The van der Waals surface area contributed by atoms with Crippen LogP contribution in [0.15, 0.2) is 18.2 Å². The Morgan fingerprint density at radius 3 is 2.48 bits per heavy atom. The van der Waals surface area contributed by atoms with E-state index >= 15 is 0 Å². The van der Waals surface area contributed by atoms with Crippen LogP contribution in [0.5, 0.6) is 0 Å². The first-order valence-corrected chi connectivity index (χ1v) is 8.16. The third-order valence-corrected chi connectivity index (χ3v) is 5.32. The fraction of sp³-hybridized carbons (Fsp3) is 0.647. The lowest BCUT2D eigenvalue weighted by Crippen LogP contribution is -2.60. The Hall–Kier alpha value is -0.640. The second-order valence-electron chi connectivity index (χ2n) is 6.35. The molecular weight excluding hydrogens is 287 g/mol. The normalized spacial score (nSPS) is 19.7. The van der Waals surface area contributed by atoms with Gasteiger partial charge >= 0.3 is 0 Å². The molecule has 1 aliphatic carbocycles. The molecule has 1 atom stereocenters. The van der Waals surface area contributed by atoms with Crippen molar-refractivity contribution in [3.8, 4) is 0 Å². The van der Waals surface area contributed by atoms with Crippen LogP contribution in [0.2, 0.25) is 5.02 Å². The van der Waals surface area contributed by atoms with Crippen LogP contribution in [-0.2, 0) is 6.42 Å². The van der Waals surface area contributed by atoms with E-state index in [1.165, 1.54) is 38.2 Å². The molecule has 118 valence electrons. The Morgan fingerprint density at radius 2 is 1.95 bits per heavy atom. The highest BCUT2D eigenvalue weighted by molar-refractivity contribution is 6.30. The maximum absolute atomic E-state index is 13.3. The van der Waals surface area contributed by atoms with Gasteiger partial charge in [0.05, 0.1) is 5.02 Å². The highest BCUT2D eigenvalue weighted by Gasteiger charge is 2.40. The molecule has 1 unspecified atom stereocenters. The SMILES string of the molecule is CNC(Cc1ccc(F)c(Cl)c1)C1(N(C)C)CCCCC1. The van der Waals surface area contributed by atoms with Crippen LogP contribution in [0.1, 0.15) is 37.7 Å². The summed E-state index contributed by atoms with van der Waals surface area (Å²) in [6.07, 6.45) is 7.17. The molecule has 0 aliphatic heterocycles. The average Bonchev–Trinajstić information content (AvgIpc) is 2.49.